The fourth-order valence-corrected chi connectivity index (χ4v) is 5.67. The number of urea groups is 1. The molecule has 0 aromatic rings. The largest absolute Gasteiger partial charge is 0.481 e. The lowest BCUT2D eigenvalue weighted by Gasteiger charge is -2.38. The molecule has 2 rings (SSSR count). The number of carbonyl (C=O) groups excluding carboxylic acids is 1. The summed E-state index contributed by atoms with van der Waals surface area (Å²) in [4.78, 5) is 26.6. The molecule has 1 N–H and O–H groups in total. The van der Waals surface area contributed by atoms with Gasteiger partial charge in [-0.3, -0.25) is 4.79 Å². The summed E-state index contributed by atoms with van der Waals surface area (Å²) >= 11 is 1.51. The molecule has 9 heteroatoms. The van der Waals surface area contributed by atoms with E-state index in [1.807, 2.05) is 0 Å². The molecule has 3 unspecified atom stereocenters. The third-order valence-corrected chi connectivity index (χ3v) is 6.79. The molecular formula is C12H20N2O5S2. The molecule has 0 aromatic carbocycles. The van der Waals surface area contributed by atoms with Crippen molar-refractivity contribution < 1.29 is 23.1 Å². The minimum atomic E-state index is -3.36. The molecule has 2 heterocycles. The van der Waals surface area contributed by atoms with Crippen molar-refractivity contribution in [3.63, 3.8) is 0 Å². The van der Waals surface area contributed by atoms with Gasteiger partial charge in [0.25, 0.3) is 0 Å². The van der Waals surface area contributed by atoms with Crippen LogP contribution in [0.15, 0.2) is 0 Å². The van der Waals surface area contributed by atoms with Crippen LogP contribution in [0.5, 0.6) is 0 Å². The number of hydrogen-bond acceptors (Lipinski definition) is 5. The maximum absolute atomic E-state index is 12.6. The summed E-state index contributed by atoms with van der Waals surface area (Å²) in [7, 11) is -3.36. The Morgan fingerprint density at radius 3 is 2.43 bits per heavy atom. The molecule has 0 aromatic heterocycles. The van der Waals surface area contributed by atoms with Gasteiger partial charge in [0.2, 0.25) is 0 Å². The lowest BCUT2D eigenvalue weighted by atomic mass is 10.0. The molecule has 120 valence electrons. The van der Waals surface area contributed by atoms with Gasteiger partial charge in [0.05, 0.1) is 5.92 Å². The first-order valence-electron chi connectivity index (χ1n) is 6.80. The van der Waals surface area contributed by atoms with E-state index in [0.29, 0.717) is 31.0 Å². The van der Waals surface area contributed by atoms with E-state index < -0.39 is 33.1 Å². The lowest BCUT2D eigenvalue weighted by Crippen LogP contribution is -2.55. The number of nitrogens with zero attached hydrogens (tertiary/aromatic N) is 2. The Morgan fingerprint density at radius 1 is 1.24 bits per heavy atom. The second kappa shape index (κ2) is 6.04. The Labute approximate surface area is 128 Å². The zero-order chi connectivity index (χ0) is 15.8. The SMILES string of the molecule is CC1C(C(=O)O)CCN1C(=O)N1CCSCC1S(C)(=O)=O. The van der Waals surface area contributed by atoms with Crippen molar-refractivity contribution in [2.75, 3.05) is 30.9 Å². The Hall–Kier alpha value is -0.960. The normalized spacial score (nSPS) is 30.5. The molecule has 2 fully saturated rings. The molecule has 0 bridgehead atoms. The first-order valence-corrected chi connectivity index (χ1v) is 9.91. The van der Waals surface area contributed by atoms with E-state index in [4.69, 9.17) is 5.11 Å². The Bertz CT molecular complexity index is 536. The van der Waals surface area contributed by atoms with Crippen molar-refractivity contribution in [2.45, 2.75) is 24.8 Å². The van der Waals surface area contributed by atoms with Crippen molar-refractivity contribution in [3.05, 3.63) is 0 Å². The van der Waals surface area contributed by atoms with Gasteiger partial charge < -0.3 is 14.9 Å². The van der Waals surface area contributed by atoms with Crippen LogP contribution in [0.2, 0.25) is 0 Å². The maximum Gasteiger partial charge on any atom is 0.321 e. The van der Waals surface area contributed by atoms with Crippen LogP contribution in [-0.4, -0.2) is 77.6 Å². The molecule has 0 saturated carbocycles. The van der Waals surface area contributed by atoms with Gasteiger partial charge in [-0.05, 0) is 13.3 Å². The number of thioether (sulfide) groups is 1. The molecule has 2 aliphatic rings. The quantitative estimate of drug-likeness (QED) is 0.780. The number of aliphatic carboxylic acids is 1. The minimum Gasteiger partial charge on any atom is -0.481 e. The first-order chi connectivity index (χ1) is 9.73. The van der Waals surface area contributed by atoms with Crippen molar-refractivity contribution in [3.8, 4) is 0 Å². The first kappa shape index (κ1) is 16.4. The molecule has 0 radical (unpaired) electrons. The van der Waals surface area contributed by atoms with Gasteiger partial charge in [0.15, 0.2) is 9.84 Å². The van der Waals surface area contributed by atoms with Gasteiger partial charge in [0, 0.05) is 36.9 Å². The van der Waals surface area contributed by atoms with Crippen LogP contribution in [-0.2, 0) is 14.6 Å². The summed E-state index contributed by atoms with van der Waals surface area (Å²) in [6, 6.07) is -0.772. The highest BCUT2D eigenvalue weighted by Crippen LogP contribution is 2.28. The number of likely N-dealkylation sites (tertiary alicyclic amines) is 1. The second-order valence-electron chi connectivity index (χ2n) is 5.50. The molecule has 2 aliphatic heterocycles. The lowest BCUT2D eigenvalue weighted by molar-refractivity contribution is -0.142. The van der Waals surface area contributed by atoms with E-state index in [1.165, 1.54) is 21.6 Å². The average Bonchev–Trinajstić information content (AvgIpc) is 2.79. The van der Waals surface area contributed by atoms with Crippen molar-refractivity contribution in [2.24, 2.45) is 5.92 Å². The summed E-state index contributed by atoms with van der Waals surface area (Å²) in [5.41, 5.74) is 0. The Balaban J connectivity index is 2.17. The molecule has 7 nitrogen and oxygen atoms in total. The van der Waals surface area contributed by atoms with Crippen molar-refractivity contribution >= 4 is 33.6 Å². The number of rotatable bonds is 2. The molecule has 3 atom stereocenters. The summed E-state index contributed by atoms with van der Waals surface area (Å²) in [5.74, 6) is -0.422. The van der Waals surface area contributed by atoms with Crippen molar-refractivity contribution in [1.82, 2.24) is 9.80 Å². The van der Waals surface area contributed by atoms with E-state index >= 15 is 0 Å². The third kappa shape index (κ3) is 3.28. The van der Waals surface area contributed by atoms with E-state index in [9.17, 15) is 18.0 Å². The Morgan fingerprint density at radius 2 is 1.90 bits per heavy atom. The van der Waals surface area contributed by atoms with Crippen LogP contribution in [0.1, 0.15) is 13.3 Å². The number of carboxylic acids is 1. The highest BCUT2D eigenvalue weighted by Gasteiger charge is 2.43. The van der Waals surface area contributed by atoms with E-state index in [0.717, 1.165) is 6.26 Å². The third-order valence-electron chi connectivity index (χ3n) is 4.14. The van der Waals surface area contributed by atoms with E-state index in [-0.39, 0.29) is 6.03 Å². The zero-order valence-corrected chi connectivity index (χ0v) is 13.7. The van der Waals surface area contributed by atoms with Gasteiger partial charge >= 0.3 is 12.0 Å². The fraction of sp³-hybridized carbons (Fsp3) is 0.833. The number of carbonyl (C=O) groups is 2. The molecule has 0 spiro atoms. The Kier molecular flexibility index (Phi) is 4.72. The highest BCUT2D eigenvalue weighted by molar-refractivity contribution is 8.00. The molecule has 21 heavy (non-hydrogen) atoms. The average molecular weight is 336 g/mol. The minimum absolute atomic E-state index is 0.358. The molecular weight excluding hydrogens is 316 g/mol. The molecule has 2 saturated heterocycles. The van der Waals surface area contributed by atoms with Crippen LogP contribution in [0.25, 0.3) is 0 Å². The maximum atomic E-state index is 12.6. The zero-order valence-electron chi connectivity index (χ0n) is 12.1. The summed E-state index contributed by atoms with van der Waals surface area (Å²) in [5, 5.41) is 8.30. The monoisotopic (exact) mass is 336 g/mol. The number of carboxylic acid groups (broad SMARTS) is 1. The standard InChI is InChI=1S/C12H20N2O5S2/c1-8-9(11(15)16)3-4-13(8)12(17)14-5-6-20-7-10(14)21(2,18)19/h8-10H,3-7H2,1-2H3,(H,15,16). The predicted molar refractivity (Wildman–Crippen MR) is 80.0 cm³/mol. The number of hydrogen-bond donors (Lipinski definition) is 1. The van der Waals surface area contributed by atoms with Crippen molar-refractivity contribution in [1.29, 1.82) is 0 Å². The fourth-order valence-electron chi connectivity index (χ4n) is 2.86. The number of sulfone groups is 1. The van der Waals surface area contributed by atoms with E-state index in [1.54, 1.807) is 6.92 Å². The van der Waals surface area contributed by atoms with Crippen LogP contribution in [0, 0.1) is 5.92 Å². The topological polar surface area (TPSA) is 95.0 Å². The summed E-state index contributed by atoms with van der Waals surface area (Å²) in [6.07, 6.45) is 1.55. The van der Waals surface area contributed by atoms with Gasteiger partial charge in [-0.2, -0.15) is 11.8 Å². The van der Waals surface area contributed by atoms with Crippen LogP contribution in [0.4, 0.5) is 4.79 Å². The van der Waals surface area contributed by atoms with Crippen LogP contribution >= 0.6 is 11.8 Å². The highest BCUT2D eigenvalue weighted by atomic mass is 32.2. The molecule has 0 aliphatic carbocycles. The smallest absolute Gasteiger partial charge is 0.321 e. The van der Waals surface area contributed by atoms with Gasteiger partial charge in [-0.25, -0.2) is 13.2 Å². The number of amides is 2. The van der Waals surface area contributed by atoms with E-state index in [2.05, 4.69) is 0 Å². The second-order valence-corrected chi connectivity index (χ2v) is 8.86. The summed E-state index contributed by atoms with van der Waals surface area (Å²) < 4.78 is 23.7. The van der Waals surface area contributed by atoms with Gasteiger partial charge in [-0.1, -0.05) is 0 Å². The van der Waals surface area contributed by atoms with Crippen LogP contribution in [0.3, 0.4) is 0 Å². The van der Waals surface area contributed by atoms with Crippen LogP contribution < -0.4 is 0 Å². The van der Waals surface area contributed by atoms with Gasteiger partial charge in [0.1, 0.15) is 5.37 Å². The predicted octanol–water partition coefficient (Wildman–Crippen LogP) is 0.321. The summed E-state index contributed by atoms with van der Waals surface area (Å²) in [6.45, 7) is 2.44. The molecule has 2 amide bonds. The van der Waals surface area contributed by atoms with Gasteiger partial charge in [-0.15, -0.1) is 0 Å².